The average molecular weight is 241 g/mol. The topological polar surface area (TPSA) is 58.6 Å². The summed E-state index contributed by atoms with van der Waals surface area (Å²) in [7, 11) is 1.59. The van der Waals surface area contributed by atoms with Crippen LogP contribution in [0.1, 0.15) is 44.9 Å². The second kappa shape index (κ2) is 5.36. The van der Waals surface area contributed by atoms with Crippen molar-refractivity contribution in [3.63, 3.8) is 0 Å². The van der Waals surface area contributed by atoms with Crippen molar-refractivity contribution < 1.29 is 14.6 Å². The van der Waals surface area contributed by atoms with Gasteiger partial charge >= 0.3 is 5.97 Å². The van der Waals surface area contributed by atoms with Crippen LogP contribution in [0.3, 0.4) is 0 Å². The summed E-state index contributed by atoms with van der Waals surface area (Å²) in [6.07, 6.45) is 7.93. The molecule has 2 aliphatic carbocycles. The number of hydrogen-bond donors (Lipinski definition) is 2. The van der Waals surface area contributed by atoms with Crippen molar-refractivity contribution in [1.82, 2.24) is 5.32 Å². The number of carbonyl (C=O) groups is 1. The molecule has 4 nitrogen and oxygen atoms in total. The lowest BCUT2D eigenvalue weighted by atomic mass is 9.88. The highest BCUT2D eigenvalue weighted by Gasteiger charge is 2.52. The van der Waals surface area contributed by atoms with E-state index in [1.54, 1.807) is 7.11 Å². The highest BCUT2D eigenvalue weighted by atomic mass is 16.5. The van der Waals surface area contributed by atoms with Crippen molar-refractivity contribution in [1.29, 1.82) is 0 Å². The Bertz CT molecular complexity index is 272. The third kappa shape index (κ3) is 2.80. The van der Waals surface area contributed by atoms with Crippen molar-refractivity contribution in [2.45, 2.75) is 56.5 Å². The minimum Gasteiger partial charge on any atom is -0.480 e. The molecule has 2 aliphatic rings. The van der Waals surface area contributed by atoms with E-state index in [0.29, 0.717) is 6.04 Å². The molecule has 2 N–H and O–H groups in total. The van der Waals surface area contributed by atoms with Crippen LogP contribution < -0.4 is 5.32 Å². The van der Waals surface area contributed by atoms with Crippen LogP contribution in [0.2, 0.25) is 0 Å². The number of aliphatic carboxylic acids is 1. The van der Waals surface area contributed by atoms with Crippen LogP contribution in [0.5, 0.6) is 0 Å². The Morgan fingerprint density at radius 1 is 1.29 bits per heavy atom. The molecule has 0 amide bonds. The molecule has 98 valence electrons. The highest BCUT2D eigenvalue weighted by molar-refractivity contribution is 5.80. The number of ether oxygens (including phenoxy) is 1. The van der Waals surface area contributed by atoms with Crippen molar-refractivity contribution in [2.75, 3.05) is 13.7 Å². The molecular formula is C13H23NO3. The van der Waals surface area contributed by atoms with Gasteiger partial charge in [0, 0.05) is 13.2 Å². The second-order valence-corrected chi connectivity index (χ2v) is 5.46. The molecule has 1 atom stereocenters. The maximum absolute atomic E-state index is 11.6. The Balaban J connectivity index is 2.05. The van der Waals surface area contributed by atoms with E-state index < -0.39 is 11.5 Å². The van der Waals surface area contributed by atoms with Crippen LogP contribution in [0, 0.1) is 5.92 Å². The first-order chi connectivity index (χ1) is 8.19. The van der Waals surface area contributed by atoms with Crippen molar-refractivity contribution in [2.24, 2.45) is 5.92 Å². The molecule has 0 aliphatic heterocycles. The van der Waals surface area contributed by atoms with Gasteiger partial charge in [-0.15, -0.1) is 0 Å². The van der Waals surface area contributed by atoms with E-state index in [1.165, 1.54) is 19.3 Å². The predicted molar refractivity (Wildman–Crippen MR) is 65.0 cm³/mol. The quantitative estimate of drug-likeness (QED) is 0.744. The van der Waals surface area contributed by atoms with Gasteiger partial charge in [0.05, 0.1) is 6.61 Å². The Labute approximate surface area is 103 Å². The van der Waals surface area contributed by atoms with Gasteiger partial charge in [0.1, 0.15) is 5.54 Å². The number of rotatable bonds is 6. The molecule has 2 rings (SSSR count). The van der Waals surface area contributed by atoms with Gasteiger partial charge in [-0.05, 0) is 31.6 Å². The van der Waals surface area contributed by atoms with Gasteiger partial charge in [-0.25, -0.2) is 0 Å². The van der Waals surface area contributed by atoms with Crippen LogP contribution in [0.4, 0.5) is 0 Å². The van der Waals surface area contributed by atoms with E-state index >= 15 is 0 Å². The molecular weight excluding hydrogens is 218 g/mol. The summed E-state index contributed by atoms with van der Waals surface area (Å²) in [5.74, 6) is -0.491. The van der Waals surface area contributed by atoms with Gasteiger partial charge in [0.2, 0.25) is 0 Å². The predicted octanol–water partition coefficient (Wildman–Crippen LogP) is 1.79. The molecule has 1 unspecified atom stereocenters. The summed E-state index contributed by atoms with van der Waals surface area (Å²) in [5, 5.41) is 13.0. The standard InChI is InChI=1S/C13H23NO3/c1-17-9-13(12(15)16,10-7-8-10)14-11-5-3-2-4-6-11/h10-11,14H,2-9H2,1H3,(H,15,16). The lowest BCUT2D eigenvalue weighted by molar-refractivity contribution is -0.149. The van der Waals surface area contributed by atoms with E-state index in [-0.39, 0.29) is 12.5 Å². The number of hydrogen-bond acceptors (Lipinski definition) is 3. The van der Waals surface area contributed by atoms with Crippen molar-refractivity contribution in [3.8, 4) is 0 Å². The zero-order chi connectivity index (χ0) is 12.3. The first kappa shape index (κ1) is 12.8. The van der Waals surface area contributed by atoms with Gasteiger partial charge in [-0.2, -0.15) is 0 Å². The average Bonchev–Trinajstić information content (AvgIpc) is 3.13. The van der Waals surface area contributed by atoms with Gasteiger partial charge < -0.3 is 9.84 Å². The highest BCUT2D eigenvalue weighted by Crippen LogP contribution is 2.41. The van der Waals surface area contributed by atoms with Gasteiger partial charge in [0.15, 0.2) is 0 Å². The van der Waals surface area contributed by atoms with Gasteiger partial charge in [-0.1, -0.05) is 19.3 Å². The smallest absolute Gasteiger partial charge is 0.326 e. The van der Waals surface area contributed by atoms with Crippen LogP contribution in [-0.2, 0) is 9.53 Å². The summed E-state index contributed by atoms with van der Waals surface area (Å²) in [4.78, 5) is 11.6. The zero-order valence-corrected chi connectivity index (χ0v) is 10.6. The van der Waals surface area contributed by atoms with E-state index in [4.69, 9.17) is 4.74 Å². The van der Waals surface area contributed by atoms with Crippen LogP contribution in [0.15, 0.2) is 0 Å². The third-order valence-corrected chi connectivity index (χ3v) is 4.09. The minimum absolute atomic E-state index is 0.252. The summed E-state index contributed by atoms with van der Waals surface area (Å²) in [6, 6.07) is 0.357. The van der Waals surface area contributed by atoms with E-state index in [1.807, 2.05) is 0 Å². The molecule has 4 heteroatoms. The van der Waals surface area contributed by atoms with E-state index in [0.717, 1.165) is 25.7 Å². The SMILES string of the molecule is COCC(NC1CCCCC1)(C(=O)O)C1CC1. The number of methoxy groups -OCH3 is 1. The summed E-state index contributed by atoms with van der Waals surface area (Å²) >= 11 is 0. The number of nitrogens with one attached hydrogen (secondary N) is 1. The molecule has 0 heterocycles. The second-order valence-electron chi connectivity index (χ2n) is 5.46. The normalized spacial score (nSPS) is 25.5. The van der Waals surface area contributed by atoms with E-state index in [2.05, 4.69) is 5.32 Å². The van der Waals surface area contributed by atoms with Gasteiger partial charge in [0.25, 0.3) is 0 Å². The fraction of sp³-hybridized carbons (Fsp3) is 0.923. The number of carboxylic acids is 1. The van der Waals surface area contributed by atoms with Crippen LogP contribution in [-0.4, -0.2) is 36.4 Å². The van der Waals surface area contributed by atoms with Crippen molar-refractivity contribution >= 4 is 5.97 Å². The lowest BCUT2D eigenvalue weighted by Crippen LogP contribution is -2.60. The maximum atomic E-state index is 11.6. The summed E-state index contributed by atoms with van der Waals surface area (Å²) in [5.41, 5.74) is -0.837. The Morgan fingerprint density at radius 2 is 1.94 bits per heavy atom. The molecule has 0 aromatic heterocycles. The fourth-order valence-corrected chi connectivity index (χ4v) is 2.99. The van der Waals surface area contributed by atoms with Crippen LogP contribution >= 0.6 is 0 Å². The Morgan fingerprint density at radius 3 is 2.41 bits per heavy atom. The van der Waals surface area contributed by atoms with Gasteiger partial charge in [-0.3, -0.25) is 10.1 Å². The van der Waals surface area contributed by atoms with Crippen molar-refractivity contribution in [3.05, 3.63) is 0 Å². The zero-order valence-electron chi connectivity index (χ0n) is 10.6. The fourth-order valence-electron chi connectivity index (χ4n) is 2.99. The Kier molecular flexibility index (Phi) is 4.05. The molecule has 0 aromatic rings. The molecule has 2 fully saturated rings. The maximum Gasteiger partial charge on any atom is 0.326 e. The first-order valence-corrected chi connectivity index (χ1v) is 6.69. The summed E-state index contributed by atoms with van der Waals surface area (Å²) < 4.78 is 5.17. The lowest BCUT2D eigenvalue weighted by Gasteiger charge is -2.36. The molecule has 0 saturated heterocycles. The molecule has 2 saturated carbocycles. The molecule has 0 radical (unpaired) electrons. The molecule has 0 aromatic carbocycles. The molecule has 17 heavy (non-hydrogen) atoms. The summed E-state index contributed by atoms with van der Waals surface area (Å²) in [6.45, 7) is 0.281. The first-order valence-electron chi connectivity index (χ1n) is 6.69. The molecule has 0 spiro atoms. The minimum atomic E-state index is -0.837. The Hall–Kier alpha value is -0.610. The third-order valence-electron chi connectivity index (χ3n) is 4.09. The largest absolute Gasteiger partial charge is 0.480 e. The van der Waals surface area contributed by atoms with E-state index in [9.17, 15) is 9.90 Å². The monoisotopic (exact) mass is 241 g/mol. The molecule has 0 bridgehead atoms. The van der Waals surface area contributed by atoms with Crippen LogP contribution in [0.25, 0.3) is 0 Å². The number of carboxylic acid groups (broad SMARTS) is 1.